The van der Waals surface area contributed by atoms with E-state index in [1.807, 2.05) is 12.1 Å². The van der Waals surface area contributed by atoms with Crippen LogP contribution >= 0.6 is 15.9 Å². The molecule has 0 saturated heterocycles. The van der Waals surface area contributed by atoms with Gasteiger partial charge in [-0.05, 0) is 46.5 Å². The van der Waals surface area contributed by atoms with Gasteiger partial charge in [0, 0.05) is 13.0 Å². The number of carbonyl (C=O) groups is 2. The fraction of sp³-hybridized carbons (Fsp3) is 0.444. The Morgan fingerprint density at radius 3 is 2.29 bits per heavy atom. The summed E-state index contributed by atoms with van der Waals surface area (Å²) in [5.74, 6) is 0.181. The Kier molecular flexibility index (Phi) is 6.85. The Morgan fingerprint density at radius 1 is 1.12 bits per heavy atom. The van der Waals surface area contributed by atoms with Gasteiger partial charge in [0.05, 0.1) is 11.6 Å². The highest BCUT2D eigenvalue weighted by Crippen LogP contribution is 2.27. The minimum atomic E-state index is -0.283. The van der Waals surface area contributed by atoms with Crippen molar-refractivity contribution in [2.24, 2.45) is 0 Å². The third kappa shape index (κ3) is 5.09. The molecule has 1 saturated carbocycles. The zero-order valence-electron chi connectivity index (χ0n) is 14.0. The third-order valence-electron chi connectivity index (χ3n) is 4.03. The van der Waals surface area contributed by atoms with Crippen molar-refractivity contribution in [2.45, 2.75) is 45.1 Å². The van der Waals surface area contributed by atoms with Crippen LogP contribution in [0.1, 0.15) is 44.6 Å². The monoisotopic (exact) mass is 394 g/mol. The van der Waals surface area contributed by atoms with Crippen LogP contribution in [0.5, 0.6) is 5.75 Å². The van der Waals surface area contributed by atoms with Crippen molar-refractivity contribution < 1.29 is 14.3 Å². The summed E-state index contributed by atoms with van der Waals surface area (Å²) in [6, 6.07) is 7.45. The van der Waals surface area contributed by atoms with Crippen LogP contribution in [0.3, 0.4) is 0 Å². The Balaban J connectivity index is 2.23. The van der Waals surface area contributed by atoms with Crippen molar-refractivity contribution in [3.63, 3.8) is 0 Å². The van der Waals surface area contributed by atoms with E-state index >= 15 is 0 Å². The molecule has 24 heavy (non-hydrogen) atoms. The normalized spacial score (nSPS) is 16.1. The predicted octanol–water partition coefficient (Wildman–Crippen LogP) is 3.34. The van der Waals surface area contributed by atoms with E-state index in [0.29, 0.717) is 4.48 Å². The molecule has 0 aromatic heterocycles. The van der Waals surface area contributed by atoms with E-state index in [2.05, 4.69) is 26.6 Å². The van der Waals surface area contributed by atoms with E-state index < -0.39 is 0 Å². The summed E-state index contributed by atoms with van der Waals surface area (Å²) in [7, 11) is 1.60. The van der Waals surface area contributed by atoms with E-state index in [0.717, 1.165) is 37.0 Å². The van der Waals surface area contributed by atoms with Gasteiger partial charge >= 0.3 is 0 Å². The first-order chi connectivity index (χ1) is 11.5. The van der Waals surface area contributed by atoms with Gasteiger partial charge in [-0.15, -0.1) is 0 Å². The molecule has 0 heterocycles. The van der Waals surface area contributed by atoms with Crippen molar-refractivity contribution in [1.82, 2.24) is 10.6 Å². The molecule has 1 aliphatic carbocycles. The molecule has 1 aromatic rings. The first-order valence-corrected chi connectivity index (χ1v) is 8.93. The zero-order chi connectivity index (χ0) is 17.5. The van der Waals surface area contributed by atoms with E-state index in [-0.39, 0.29) is 23.6 Å². The van der Waals surface area contributed by atoms with Crippen LogP contribution in [-0.2, 0) is 9.59 Å². The fourth-order valence-electron chi connectivity index (χ4n) is 2.77. The fourth-order valence-corrected chi connectivity index (χ4v) is 3.32. The minimum absolute atomic E-state index is 0.172. The average Bonchev–Trinajstić information content (AvgIpc) is 2.60. The Labute approximate surface area is 151 Å². The summed E-state index contributed by atoms with van der Waals surface area (Å²) in [6.07, 6.45) is 5.45. The van der Waals surface area contributed by atoms with Crippen LogP contribution in [0.2, 0.25) is 0 Å². The molecular formula is C18H23BrN2O3. The molecule has 0 unspecified atom stereocenters. The van der Waals surface area contributed by atoms with Gasteiger partial charge in [-0.2, -0.15) is 0 Å². The van der Waals surface area contributed by atoms with Gasteiger partial charge in [-0.25, -0.2) is 0 Å². The summed E-state index contributed by atoms with van der Waals surface area (Å²) >= 11 is 3.46. The highest BCUT2D eigenvalue weighted by atomic mass is 79.9. The summed E-state index contributed by atoms with van der Waals surface area (Å²) < 4.78 is 5.69. The molecule has 0 atom stereocenters. The zero-order valence-corrected chi connectivity index (χ0v) is 15.6. The second-order valence-electron chi connectivity index (χ2n) is 5.91. The number of rotatable bonds is 5. The maximum atomic E-state index is 12.6. The molecule has 0 aliphatic heterocycles. The van der Waals surface area contributed by atoms with Crippen molar-refractivity contribution in [1.29, 1.82) is 0 Å². The summed E-state index contributed by atoms with van der Waals surface area (Å²) in [6.45, 7) is 1.39. The molecule has 1 aliphatic rings. The van der Waals surface area contributed by atoms with E-state index in [1.54, 1.807) is 19.2 Å². The van der Waals surface area contributed by atoms with Gasteiger partial charge in [0.25, 0.3) is 5.91 Å². The van der Waals surface area contributed by atoms with Crippen molar-refractivity contribution in [3.8, 4) is 5.75 Å². The quantitative estimate of drug-likeness (QED) is 0.752. The highest BCUT2D eigenvalue weighted by molar-refractivity contribution is 9.15. The number of amides is 2. The van der Waals surface area contributed by atoms with Gasteiger partial charge in [-0.1, -0.05) is 31.4 Å². The maximum absolute atomic E-state index is 12.6. The standard InChI is InChI=1S/C18H23BrN2O3/c1-12(22)20-17(18(23)21-14-6-4-3-5-7-14)16(19)13-8-10-15(24-2)11-9-13/h8-11,14H,3-7H2,1-2H3,(H,20,22)(H,21,23)/b17-16+. The number of nitrogens with one attached hydrogen (secondary N) is 2. The molecule has 0 spiro atoms. The van der Waals surface area contributed by atoms with Gasteiger partial charge < -0.3 is 15.4 Å². The van der Waals surface area contributed by atoms with Crippen molar-refractivity contribution in [2.75, 3.05) is 7.11 Å². The summed E-state index contributed by atoms with van der Waals surface area (Å²) in [5.41, 5.74) is 1.02. The minimum Gasteiger partial charge on any atom is -0.497 e. The number of halogens is 1. The maximum Gasteiger partial charge on any atom is 0.269 e. The molecule has 6 heteroatoms. The second kappa shape index (κ2) is 8.87. The lowest BCUT2D eigenvalue weighted by Crippen LogP contribution is -2.41. The van der Waals surface area contributed by atoms with Crippen LogP contribution in [0.4, 0.5) is 0 Å². The lowest BCUT2D eigenvalue weighted by atomic mass is 9.95. The molecular weight excluding hydrogens is 372 g/mol. The predicted molar refractivity (Wildman–Crippen MR) is 97.7 cm³/mol. The molecule has 2 N–H and O–H groups in total. The topological polar surface area (TPSA) is 67.4 Å². The largest absolute Gasteiger partial charge is 0.497 e. The van der Waals surface area contributed by atoms with E-state index in [1.165, 1.54) is 13.3 Å². The molecule has 0 radical (unpaired) electrons. The second-order valence-corrected chi connectivity index (χ2v) is 6.70. The molecule has 2 amide bonds. The molecule has 1 aromatic carbocycles. The molecule has 2 rings (SSSR count). The van der Waals surface area contributed by atoms with Crippen LogP contribution in [0, 0.1) is 0 Å². The molecule has 1 fully saturated rings. The number of benzene rings is 1. The number of carbonyl (C=O) groups excluding carboxylic acids is 2. The van der Waals surface area contributed by atoms with Crippen LogP contribution < -0.4 is 15.4 Å². The average molecular weight is 395 g/mol. The Bertz CT molecular complexity index is 620. The molecule has 5 nitrogen and oxygen atoms in total. The van der Waals surface area contributed by atoms with Gasteiger partial charge in [0.15, 0.2) is 0 Å². The van der Waals surface area contributed by atoms with E-state index in [9.17, 15) is 9.59 Å². The highest BCUT2D eigenvalue weighted by Gasteiger charge is 2.21. The first-order valence-electron chi connectivity index (χ1n) is 8.14. The third-order valence-corrected chi connectivity index (χ3v) is 4.89. The lowest BCUT2D eigenvalue weighted by Gasteiger charge is -2.23. The summed E-state index contributed by atoms with van der Waals surface area (Å²) in [4.78, 5) is 24.2. The number of hydrogen-bond acceptors (Lipinski definition) is 3. The van der Waals surface area contributed by atoms with Crippen LogP contribution in [0.25, 0.3) is 4.48 Å². The van der Waals surface area contributed by atoms with Gasteiger partial charge in [-0.3, -0.25) is 9.59 Å². The summed E-state index contributed by atoms with van der Waals surface area (Å²) in [5, 5.41) is 5.68. The van der Waals surface area contributed by atoms with E-state index in [4.69, 9.17) is 4.74 Å². The van der Waals surface area contributed by atoms with Gasteiger partial charge in [0.2, 0.25) is 5.91 Å². The van der Waals surface area contributed by atoms with Crippen LogP contribution in [-0.4, -0.2) is 25.0 Å². The molecule has 0 bridgehead atoms. The number of ether oxygens (including phenoxy) is 1. The molecule has 130 valence electrons. The number of hydrogen-bond donors (Lipinski definition) is 2. The SMILES string of the molecule is COc1ccc(/C(Br)=C(\NC(C)=O)C(=O)NC2CCCCC2)cc1. The van der Waals surface area contributed by atoms with Gasteiger partial charge in [0.1, 0.15) is 11.4 Å². The lowest BCUT2D eigenvalue weighted by molar-refractivity contribution is -0.122. The Hall–Kier alpha value is -1.82. The number of methoxy groups -OCH3 is 1. The van der Waals surface area contributed by atoms with Crippen molar-refractivity contribution >= 4 is 32.2 Å². The van der Waals surface area contributed by atoms with Crippen LogP contribution in [0.15, 0.2) is 30.0 Å². The Morgan fingerprint density at radius 2 is 1.75 bits per heavy atom. The first kappa shape index (κ1) is 18.5. The van der Waals surface area contributed by atoms with Crippen molar-refractivity contribution in [3.05, 3.63) is 35.5 Å². The smallest absolute Gasteiger partial charge is 0.269 e.